The van der Waals surface area contributed by atoms with E-state index in [-0.39, 0.29) is 11.2 Å². The fourth-order valence-electron chi connectivity index (χ4n) is 2.15. The van der Waals surface area contributed by atoms with Crippen LogP contribution in [0.15, 0.2) is 24.3 Å². The molecule has 0 radical (unpaired) electrons. The molecule has 1 N–H and O–H groups in total. The van der Waals surface area contributed by atoms with Gasteiger partial charge in [-0.1, -0.05) is 12.1 Å². The normalized spacial score (nSPS) is 19.4. The van der Waals surface area contributed by atoms with Crippen LogP contribution in [0.2, 0.25) is 0 Å². The summed E-state index contributed by atoms with van der Waals surface area (Å²) in [6, 6.07) is 6.96. The predicted molar refractivity (Wildman–Crippen MR) is 54.2 cm³/mol. The lowest BCUT2D eigenvalue weighted by Crippen LogP contribution is -2.31. The van der Waals surface area contributed by atoms with Gasteiger partial charge in [0.25, 0.3) is 0 Å². The molecule has 0 heterocycles. The molecule has 2 rings (SSSR count). The van der Waals surface area contributed by atoms with Crippen molar-refractivity contribution in [3.63, 3.8) is 0 Å². The number of aromatic hydroxyl groups is 1. The van der Waals surface area contributed by atoms with Gasteiger partial charge in [-0.2, -0.15) is 0 Å². The van der Waals surface area contributed by atoms with Gasteiger partial charge in [-0.15, -0.1) is 0 Å². The quantitative estimate of drug-likeness (QED) is 0.766. The van der Waals surface area contributed by atoms with E-state index in [1.807, 2.05) is 6.07 Å². The SMILES string of the molecule is CC(C)(F)C1(c2cccc(O)c2)CC1. The highest BCUT2D eigenvalue weighted by molar-refractivity contribution is 5.39. The minimum Gasteiger partial charge on any atom is -0.508 e. The summed E-state index contributed by atoms with van der Waals surface area (Å²) in [4.78, 5) is 0. The molecule has 76 valence electrons. The van der Waals surface area contributed by atoms with Crippen LogP contribution in [-0.4, -0.2) is 10.8 Å². The molecule has 1 nitrogen and oxygen atoms in total. The second kappa shape index (κ2) is 2.72. The van der Waals surface area contributed by atoms with Crippen molar-refractivity contribution in [1.82, 2.24) is 0 Å². The zero-order valence-corrected chi connectivity index (χ0v) is 8.55. The van der Waals surface area contributed by atoms with Crippen LogP contribution in [-0.2, 0) is 5.41 Å². The van der Waals surface area contributed by atoms with E-state index in [0.717, 1.165) is 18.4 Å². The molecule has 0 unspecified atom stereocenters. The number of benzene rings is 1. The zero-order chi connectivity index (χ0) is 10.4. The van der Waals surface area contributed by atoms with Crippen molar-refractivity contribution in [2.45, 2.75) is 37.8 Å². The van der Waals surface area contributed by atoms with E-state index in [4.69, 9.17) is 0 Å². The molecule has 1 fully saturated rings. The van der Waals surface area contributed by atoms with Crippen LogP contribution in [0.3, 0.4) is 0 Å². The monoisotopic (exact) mass is 194 g/mol. The standard InChI is InChI=1S/C12H15FO/c1-11(2,13)12(6-7-12)9-4-3-5-10(14)8-9/h3-5,8,14H,6-7H2,1-2H3. The van der Waals surface area contributed by atoms with Crippen LogP contribution >= 0.6 is 0 Å². The Morgan fingerprint density at radius 1 is 1.36 bits per heavy atom. The first kappa shape index (κ1) is 9.50. The molecule has 0 aromatic heterocycles. The number of phenols is 1. The number of alkyl halides is 1. The average molecular weight is 194 g/mol. The van der Waals surface area contributed by atoms with Crippen molar-refractivity contribution in [2.24, 2.45) is 0 Å². The molecule has 1 saturated carbocycles. The average Bonchev–Trinajstić information content (AvgIpc) is 2.82. The molecular weight excluding hydrogens is 179 g/mol. The lowest BCUT2D eigenvalue weighted by atomic mass is 9.82. The first-order valence-corrected chi connectivity index (χ1v) is 4.94. The smallest absolute Gasteiger partial charge is 0.115 e. The molecule has 1 aliphatic rings. The van der Waals surface area contributed by atoms with E-state index in [0.29, 0.717) is 0 Å². The van der Waals surface area contributed by atoms with Crippen molar-refractivity contribution in [2.75, 3.05) is 0 Å². The van der Waals surface area contributed by atoms with Gasteiger partial charge in [0.15, 0.2) is 0 Å². The third-order valence-corrected chi connectivity index (χ3v) is 3.29. The van der Waals surface area contributed by atoms with Crippen molar-refractivity contribution < 1.29 is 9.50 Å². The number of rotatable bonds is 2. The lowest BCUT2D eigenvalue weighted by Gasteiger charge is -2.27. The molecule has 0 aliphatic heterocycles. The third-order valence-electron chi connectivity index (χ3n) is 3.29. The Labute approximate surface area is 83.6 Å². The van der Waals surface area contributed by atoms with Crippen LogP contribution in [0.5, 0.6) is 5.75 Å². The number of hydrogen-bond donors (Lipinski definition) is 1. The summed E-state index contributed by atoms with van der Waals surface area (Å²) in [6.07, 6.45) is 1.75. The molecule has 0 spiro atoms. The Morgan fingerprint density at radius 3 is 2.43 bits per heavy atom. The van der Waals surface area contributed by atoms with E-state index in [1.54, 1.807) is 32.0 Å². The Morgan fingerprint density at radius 2 is 2.00 bits per heavy atom. The Kier molecular flexibility index (Phi) is 1.85. The maximum Gasteiger partial charge on any atom is 0.115 e. The summed E-state index contributed by atoms with van der Waals surface area (Å²) in [7, 11) is 0. The number of hydrogen-bond acceptors (Lipinski definition) is 1. The highest BCUT2D eigenvalue weighted by Crippen LogP contribution is 2.57. The Hall–Kier alpha value is -1.05. The van der Waals surface area contributed by atoms with Crippen LogP contribution in [0.25, 0.3) is 0 Å². The van der Waals surface area contributed by atoms with Gasteiger partial charge < -0.3 is 5.11 Å². The molecule has 1 aliphatic carbocycles. The van der Waals surface area contributed by atoms with Gasteiger partial charge in [-0.25, -0.2) is 4.39 Å². The minimum absolute atomic E-state index is 0.220. The topological polar surface area (TPSA) is 20.2 Å². The second-order valence-electron chi connectivity index (χ2n) is 4.60. The molecule has 1 aromatic carbocycles. The summed E-state index contributed by atoms with van der Waals surface area (Å²) in [6.45, 7) is 3.23. The van der Waals surface area contributed by atoms with E-state index in [9.17, 15) is 9.50 Å². The van der Waals surface area contributed by atoms with Gasteiger partial charge in [0, 0.05) is 5.41 Å². The van der Waals surface area contributed by atoms with E-state index in [1.165, 1.54) is 0 Å². The van der Waals surface area contributed by atoms with Gasteiger partial charge in [0.2, 0.25) is 0 Å². The third kappa shape index (κ3) is 1.29. The Bertz CT molecular complexity index is 348. The van der Waals surface area contributed by atoms with E-state index in [2.05, 4.69) is 0 Å². The molecule has 1 aromatic rings. The molecule has 0 amide bonds. The highest BCUT2D eigenvalue weighted by atomic mass is 19.1. The zero-order valence-electron chi connectivity index (χ0n) is 8.55. The van der Waals surface area contributed by atoms with Crippen molar-refractivity contribution in [1.29, 1.82) is 0 Å². The van der Waals surface area contributed by atoms with Gasteiger partial charge in [-0.05, 0) is 44.4 Å². The van der Waals surface area contributed by atoms with Crippen LogP contribution in [0.4, 0.5) is 4.39 Å². The van der Waals surface area contributed by atoms with E-state index >= 15 is 0 Å². The van der Waals surface area contributed by atoms with Crippen LogP contribution in [0.1, 0.15) is 32.3 Å². The Balaban J connectivity index is 2.41. The largest absolute Gasteiger partial charge is 0.508 e. The van der Waals surface area contributed by atoms with E-state index < -0.39 is 5.67 Å². The first-order chi connectivity index (χ1) is 6.46. The van der Waals surface area contributed by atoms with Gasteiger partial charge in [-0.3, -0.25) is 0 Å². The molecule has 14 heavy (non-hydrogen) atoms. The van der Waals surface area contributed by atoms with Crippen molar-refractivity contribution >= 4 is 0 Å². The minimum atomic E-state index is -1.21. The number of phenolic OH excluding ortho intramolecular Hbond substituents is 1. The van der Waals surface area contributed by atoms with Gasteiger partial charge >= 0.3 is 0 Å². The summed E-state index contributed by atoms with van der Waals surface area (Å²) in [5.74, 6) is 0.220. The summed E-state index contributed by atoms with van der Waals surface area (Å²) in [5.41, 5.74) is -0.642. The lowest BCUT2D eigenvalue weighted by molar-refractivity contribution is 0.156. The summed E-state index contributed by atoms with van der Waals surface area (Å²) in [5, 5.41) is 9.35. The predicted octanol–water partition coefficient (Wildman–Crippen LogP) is 3.17. The van der Waals surface area contributed by atoms with Crippen molar-refractivity contribution in [3.05, 3.63) is 29.8 Å². The van der Waals surface area contributed by atoms with Crippen LogP contribution < -0.4 is 0 Å². The fraction of sp³-hybridized carbons (Fsp3) is 0.500. The molecule has 0 saturated heterocycles. The molecule has 0 atom stereocenters. The van der Waals surface area contributed by atoms with Crippen molar-refractivity contribution in [3.8, 4) is 5.75 Å². The second-order valence-corrected chi connectivity index (χ2v) is 4.60. The summed E-state index contributed by atoms with van der Waals surface area (Å²) >= 11 is 0. The van der Waals surface area contributed by atoms with Crippen LogP contribution in [0, 0.1) is 0 Å². The maximum atomic E-state index is 14.0. The van der Waals surface area contributed by atoms with Gasteiger partial charge in [0.05, 0.1) is 0 Å². The fourth-order valence-corrected chi connectivity index (χ4v) is 2.15. The maximum absolute atomic E-state index is 14.0. The molecular formula is C12H15FO. The molecule has 0 bridgehead atoms. The summed E-state index contributed by atoms with van der Waals surface area (Å²) < 4.78 is 14.0. The number of halogens is 1. The molecule has 2 heteroatoms. The van der Waals surface area contributed by atoms with Gasteiger partial charge in [0.1, 0.15) is 11.4 Å². The first-order valence-electron chi connectivity index (χ1n) is 4.94. The highest BCUT2D eigenvalue weighted by Gasteiger charge is 2.56.